The molecule has 1 unspecified atom stereocenters. The Labute approximate surface area is 106 Å². The first-order valence-corrected chi connectivity index (χ1v) is 5.75. The Hall–Kier alpha value is -0.970. The third-order valence-electron chi connectivity index (χ3n) is 2.48. The third kappa shape index (κ3) is 3.49. The number of aliphatic hydroxyl groups excluding tert-OH is 1. The number of rotatable bonds is 6. The summed E-state index contributed by atoms with van der Waals surface area (Å²) < 4.78 is 10.4. The van der Waals surface area contributed by atoms with Crippen molar-refractivity contribution >= 4 is 11.6 Å². The summed E-state index contributed by atoms with van der Waals surface area (Å²) >= 11 is 6.21. The molecule has 0 saturated heterocycles. The van der Waals surface area contributed by atoms with Crippen LogP contribution in [0, 0.1) is 0 Å². The van der Waals surface area contributed by atoms with Gasteiger partial charge in [0.2, 0.25) is 0 Å². The van der Waals surface area contributed by atoms with Crippen LogP contribution in [0.2, 0.25) is 5.02 Å². The molecule has 1 rings (SSSR count). The highest BCUT2D eigenvalue weighted by Crippen LogP contribution is 2.37. The van der Waals surface area contributed by atoms with Gasteiger partial charge in [-0.25, -0.2) is 0 Å². The Kier molecular flexibility index (Phi) is 5.55. The minimum atomic E-state index is 0.0270. The molecule has 4 nitrogen and oxygen atoms in total. The second-order valence-corrected chi connectivity index (χ2v) is 4.12. The highest BCUT2D eigenvalue weighted by molar-refractivity contribution is 6.33. The second kappa shape index (κ2) is 6.69. The maximum absolute atomic E-state index is 8.92. The summed E-state index contributed by atoms with van der Waals surface area (Å²) in [7, 11) is 3.12. The minimum absolute atomic E-state index is 0.0270. The Morgan fingerprint density at radius 1 is 1.35 bits per heavy atom. The second-order valence-electron chi connectivity index (χ2n) is 3.74. The molecule has 0 bridgehead atoms. The van der Waals surface area contributed by atoms with E-state index in [4.69, 9.17) is 26.2 Å². The molecule has 0 aliphatic rings. The van der Waals surface area contributed by atoms with E-state index in [1.165, 1.54) is 0 Å². The van der Waals surface area contributed by atoms with Crippen LogP contribution in [0.5, 0.6) is 11.5 Å². The van der Waals surface area contributed by atoms with Crippen LogP contribution in [0.4, 0.5) is 0 Å². The average Bonchev–Trinajstić information content (AvgIpc) is 2.36. The largest absolute Gasteiger partial charge is 0.493 e. The molecule has 5 heteroatoms. The van der Waals surface area contributed by atoms with Crippen molar-refractivity contribution in [3.8, 4) is 11.5 Å². The van der Waals surface area contributed by atoms with Gasteiger partial charge in [0.1, 0.15) is 0 Å². The number of halogens is 1. The highest BCUT2D eigenvalue weighted by atomic mass is 35.5. The van der Waals surface area contributed by atoms with Crippen molar-refractivity contribution in [1.82, 2.24) is 5.32 Å². The Morgan fingerprint density at radius 3 is 2.59 bits per heavy atom. The number of benzene rings is 1. The highest BCUT2D eigenvalue weighted by Gasteiger charge is 2.13. The maximum atomic E-state index is 8.92. The molecule has 0 fully saturated rings. The van der Waals surface area contributed by atoms with Gasteiger partial charge in [0, 0.05) is 12.6 Å². The third-order valence-corrected chi connectivity index (χ3v) is 2.89. The van der Waals surface area contributed by atoms with Crippen molar-refractivity contribution in [2.75, 3.05) is 20.8 Å². The molecule has 0 saturated carbocycles. The molecule has 0 aliphatic heterocycles. The summed E-state index contributed by atoms with van der Waals surface area (Å²) in [6.07, 6.45) is 0. The van der Waals surface area contributed by atoms with E-state index in [0.717, 1.165) is 5.56 Å². The molecular weight excluding hydrogens is 242 g/mol. The van der Waals surface area contributed by atoms with Crippen LogP contribution in [-0.2, 0) is 6.54 Å². The van der Waals surface area contributed by atoms with E-state index in [9.17, 15) is 0 Å². The number of aliphatic hydroxyl groups is 1. The molecule has 17 heavy (non-hydrogen) atoms. The van der Waals surface area contributed by atoms with Gasteiger partial charge in [0.15, 0.2) is 11.5 Å². The van der Waals surface area contributed by atoms with Gasteiger partial charge in [-0.15, -0.1) is 0 Å². The number of nitrogens with one attached hydrogen (secondary N) is 1. The number of methoxy groups -OCH3 is 2. The summed E-state index contributed by atoms with van der Waals surface area (Å²) in [5, 5.41) is 12.6. The molecule has 1 atom stereocenters. The van der Waals surface area contributed by atoms with Crippen molar-refractivity contribution < 1.29 is 14.6 Å². The standard InChI is InChI=1S/C12H18ClNO3/c1-8(7-15)14-6-9-4-5-10(16-2)12(17-3)11(9)13/h4-5,8,14-15H,6-7H2,1-3H3. The van der Waals surface area contributed by atoms with Crippen molar-refractivity contribution in [3.05, 3.63) is 22.7 Å². The quantitative estimate of drug-likeness (QED) is 0.818. The average molecular weight is 260 g/mol. The summed E-state index contributed by atoms with van der Waals surface area (Å²) in [6.45, 7) is 2.56. The predicted molar refractivity (Wildman–Crippen MR) is 67.9 cm³/mol. The van der Waals surface area contributed by atoms with Gasteiger partial charge >= 0.3 is 0 Å². The van der Waals surface area contributed by atoms with Crippen molar-refractivity contribution in [1.29, 1.82) is 0 Å². The van der Waals surface area contributed by atoms with Gasteiger partial charge in [-0.2, -0.15) is 0 Å². The molecule has 0 aliphatic carbocycles. The van der Waals surface area contributed by atoms with E-state index in [-0.39, 0.29) is 12.6 Å². The first-order valence-electron chi connectivity index (χ1n) is 5.37. The fourth-order valence-corrected chi connectivity index (χ4v) is 1.72. The predicted octanol–water partition coefficient (Wildman–Crippen LogP) is 1.83. The van der Waals surface area contributed by atoms with Crippen molar-refractivity contribution in [3.63, 3.8) is 0 Å². The van der Waals surface area contributed by atoms with Gasteiger partial charge in [-0.3, -0.25) is 0 Å². The smallest absolute Gasteiger partial charge is 0.179 e. The summed E-state index contributed by atoms with van der Waals surface area (Å²) in [5.74, 6) is 1.14. The normalized spacial score (nSPS) is 12.3. The fourth-order valence-electron chi connectivity index (χ4n) is 1.42. The van der Waals surface area contributed by atoms with Crippen LogP contribution in [0.3, 0.4) is 0 Å². The fraction of sp³-hybridized carbons (Fsp3) is 0.500. The molecule has 1 aromatic rings. The molecule has 2 N–H and O–H groups in total. The molecule has 0 aromatic heterocycles. The summed E-state index contributed by atoms with van der Waals surface area (Å²) in [5.41, 5.74) is 0.907. The minimum Gasteiger partial charge on any atom is -0.493 e. The lowest BCUT2D eigenvalue weighted by atomic mass is 10.2. The van der Waals surface area contributed by atoms with E-state index in [0.29, 0.717) is 23.1 Å². The zero-order valence-electron chi connectivity index (χ0n) is 10.3. The first-order chi connectivity index (χ1) is 8.13. The van der Waals surface area contributed by atoms with Gasteiger partial charge in [0.05, 0.1) is 25.8 Å². The van der Waals surface area contributed by atoms with Crippen LogP contribution in [0.1, 0.15) is 12.5 Å². The molecule has 1 aromatic carbocycles. The van der Waals surface area contributed by atoms with Crippen molar-refractivity contribution in [2.24, 2.45) is 0 Å². The molecular formula is C12H18ClNO3. The molecule has 0 spiro atoms. The lowest BCUT2D eigenvalue weighted by Gasteiger charge is -2.15. The van der Waals surface area contributed by atoms with Gasteiger partial charge in [-0.1, -0.05) is 17.7 Å². The topological polar surface area (TPSA) is 50.7 Å². The van der Waals surface area contributed by atoms with Crippen LogP contribution in [-0.4, -0.2) is 32.0 Å². The Bertz CT molecular complexity index is 371. The molecule has 0 heterocycles. The van der Waals surface area contributed by atoms with E-state index in [2.05, 4.69) is 5.32 Å². The molecule has 96 valence electrons. The lowest BCUT2D eigenvalue weighted by Crippen LogP contribution is -2.28. The van der Waals surface area contributed by atoms with Gasteiger partial charge in [0.25, 0.3) is 0 Å². The Morgan fingerprint density at radius 2 is 2.06 bits per heavy atom. The number of hydrogen-bond donors (Lipinski definition) is 2. The first kappa shape index (κ1) is 14.1. The maximum Gasteiger partial charge on any atom is 0.179 e. The van der Waals surface area contributed by atoms with Crippen LogP contribution in [0.15, 0.2) is 12.1 Å². The van der Waals surface area contributed by atoms with Crippen LogP contribution in [0.25, 0.3) is 0 Å². The molecule has 0 amide bonds. The summed E-state index contributed by atoms with van der Waals surface area (Å²) in [4.78, 5) is 0. The van der Waals surface area contributed by atoms with Gasteiger partial charge < -0.3 is 19.9 Å². The van der Waals surface area contributed by atoms with E-state index < -0.39 is 0 Å². The zero-order valence-corrected chi connectivity index (χ0v) is 11.0. The van der Waals surface area contributed by atoms with E-state index >= 15 is 0 Å². The van der Waals surface area contributed by atoms with Crippen molar-refractivity contribution in [2.45, 2.75) is 19.5 Å². The van der Waals surface area contributed by atoms with Crippen LogP contribution < -0.4 is 14.8 Å². The summed E-state index contributed by atoms with van der Waals surface area (Å²) in [6, 6.07) is 3.71. The Balaban J connectivity index is 2.87. The van der Waals surface area contributed by atoms with E-state index in [1.54, 1.807) is 14.2 Å². The molecule has 0 radical (unpaired) electrons. The lowest BCUT2D eigenvalue weighted by molar-refractivity contribution is 0.251. The number of ether oxygens (including phenoxy) is 2. The van der Waals surface area contributed by atoms with Crippen LogP contribution >= 0.6 is 11.6 Å². The van der Waals surface area contributed by atoms with E-state index in [1.807, 2.05) is 19.1 Å². The van der Waals surface area contributed by atoms with Gasteiger partial charge in [-0.05, 0) is 18.6 Å². The SMILES string of the molecule is COc1ccc(CNC(C)CO)c(Cl)c1OC. The monoisotopic (exact) mass is 259 g/mol. The zero-order chi connectivity index (χ0) is 12.8. The number of hydrogen-bond acceptors (Lipinski definition) is 4.